The van der Waals surface area contributed by atoms with E-state index in [-0.39, 0.29) is 5.25 Å². The van der Waals surface area contributed by atoms with Crippen LogP contribution in [0.1, 0.15) is 32.3 Å². The molecule has 1 aromatic rings. The lowest BCUT2D eigenvalue weighted by Gasteiger charge is -2.15. The minimum Gasteiger partial charge on any atom is -0.298 e. The van der Waals surface area contributed by atoms with E-state index in [1.165, 1.54) is 0 Å². The number of aryl methyl sites for hydroxylation is 1. The monoisotopic (exact) mass is 300 g/mol. The van der Waals surface area contributed by atoms with Crippen molar-refractivity contribution in [3.63, 3.8) is 0 Å². The highest BCUT2D eigenvalue weighted by Crippen LogP contribution is 2.18. The van der Waals surface area contributed by atoms with E-state index in [4.69, 9.17) is 0 Å². The van der Waals surface area contributed by atoms with Gasteiger partial charge in [-0.1, -0.05) is 13.8 Å². The molecular weight excluding hydrogens is 276 g/mol. The van der Waals surface area contributed by atoms with Crippen LogP contribution in [0.4, 0.5) is 0 Å². The summed E-state index contributed by atoms with van der Waals surface area (Å²) in [6, 6.07) is 0. The van der Waals surface area contributed by atoms with Gasteiger partial charge in [0.25, 0.3) is 0 Å². The molecule has 2 rings (SSSR count). The molecule has 0 aromatic carbocycles. The third-order valence-corrected chi connectivity index (χ3v) is 5.51. The number of rotatable bonds is 7. The number of nitrogens with one attached hydrogen (secondary N) is 1. The van der Waals surface area contributed by atoms with Gasteiger partial charge in [-0.15, -0.1) is 0 Å². The van der Waals surface area contributed by atoms with Crippen molar-refractivity contribution in [2.75, 3.05) is 19.6 Å². The molecule has 6 nitrogen and oxygen atoms in total. The zero-order valence-electron chi connectivity index (χ0n) is 12.2. The van der Waals surface area contributed by atoms with Crippen LogP contribution in [0.5, 0.6) is 0 Å². The average molecular weight is 300 g/mol. The Hall–Kier alpha value is -0.920. The zero-order chi connectivity index (χ0) is 14.6. The van der Waals surface area contributed by atoms with Crippen molar-refractivity contribution in [3.8, 4) is 0 Å². The van der Waals surface area contributed by atoms with Crippen LogP contribution in [0.15, 0.2) is 12.4 Å². The number of nitrogens with zero attached hydrogens (tertiary/aromatic N) is 3. The van der Waals surface area contributed by atoms with Crippen LogP contribution in [-0.4, -0.2) is 48.0 Å². The second-order valence-corrected chi connectivity index (χ2v) is 7.35. The molecule has 1 aliphatic rings. The molecule has 1 aliphatic heterocycles. The predicted molar refractivity (Wildman–Crippen MR) is 78.8 cm³/mol. The summed E-state index contributed by atoms with van der Waals surface area (Å²) in [5, 5.41) is 4.02. The molecule has 0 radical (unpaired) electrons. The van der Waals surface area contributed by atoms with Crippen molar-refractivity contribution in [2.24, 2.45) is 0 Å². The maximum absolute atomic E-state index is 12.0. The highest BCUT2D eigenvalue weighted by Gasteiger charge is 2.32. The Balaban J connectivity index is 1.89. The second-order valence-electron chi connectivity index (χ2n) is 5.30. The Morgan fingerprint density at radius 2 is 2.25 bits per heavy atom. The topological polar surface area (TPSA) is 67.2 Å². The predicted octanol–water partition coefficient (Wildman–Crippen LogP) is 0.807. The molecule has 0 aliphatic carbocycles. The van der Waals surface area contributed by atoms with Crippen molar-refractivity contribution in [3.05, 3.63) is 18.0 Å². The van der Waals surface area contributed by atoms with Crippen molar-refractivity contribution in [1.82, 2.24) is 19.4 Å². The summed E-state index contributed by atoms with van der Waals surface area (Å²) < 4.78 is 28.5. The lowest BCUT2D eigenvalue weighted by atomic mass is 10.3. The molecule has 1 fully saturated rings. The van der Waals surface area contributed by atoms with Gasteiger partial charge < -0.3 is 0 Å². The lowest BCUT2D eigenvalue weighted by molar-refractivity contribution is 0.331. The van der Waals surface area contributed by atoms with Crippen molar-refractivity contribution >= 4 is 10.0 Å². The molecule has 7 heteroatoms. The largest absolute Gasteiger partial charge is 0.298 e. The standard InChI is InChI=1S/C13H24N4O2S/c1-3-6-17-10-12(8-14-17)9-16-7-5-13(11-16)20(18,19)15-4-2/h8,10,13,15H,3-7,9,11H2,1-2H3/t13-/m0/s1. The molecule has 0 bridgehead atoms. The molecule has 20 heavy (non-hydrogen) atoms. The third kappa shape index (κ3) is 3.80. The van der Waals surface area contributed by atoms with Gasteiger partial charge in [0.15, 0.2) is 0 Å². The van der Waals surface area contributed by atoms with Crippen LogP contribution < -0.4 is 4.72 Å². The summed E-state index contributed by atoms with van der Waals surface area (Å²) in [6.45, 7) is 7.54. The quantitative estimate of drug-likeness (QED) is 0.809. The maximum Gasteiger partial charge on any atom is 0.215 e. The molecule has 0 spiro atoms. The van der Waals surface area contributed by atoms with Crippen molar-refractivity contribution in [1.29, 1.82) is 0 Å². The first-order valence-electron chi connectivity index (χ1n) is 7.27. The molecule has 0 amide bonds. The highest BCUT2D eigenvalue weighted by atomic mass is 32.2. The summed E-state index contributed by atoms with van der Waals surface area (Å²) in [4.78, 5) is 2.19. The van der Waals surface area contributed by atoms with E-state index in [1.807, 2.05) is 17.8 Å². The number of hydrogen-bond donors (Lipinski definition) is 1. The average Bonchev–Trinajstić information content (AvgIpc) is 3.00. The van der Waals surface area contributed by atoms with Crippen LogP contribution >= 0.6 is 0 Å². The summed E-state index contributed by atoms with van der Waals surface area (Å²) in [7, 11) is -3.15. The maximum atomic E-state index is 12.0. The van der Waals surface area contributed by atoms with Crippen molar-refractivity contribution in [2.45, 2.75) is 45.0 Å². The molecule has 0 unspecified atom stereocenters. The molecule has 0 saturated carbocycles. The van der Waals surface area contributed by atoms with E-state index >= 15 is 0 Å². The van der Waals surface area contributed by atoms with Gasteiger partial charge in [0.05, 0.1) is 11.4 Å². The normalized spacial score (nSPS) is 20.6. The Kier molecular flexibility index (Phi) is 5.17. The minimum atomic E-state index is -3.15. The smallest absolute Gasteiger partial charge is 0.215 e. The molecule has 114 valence electrons. The van der Waals surface area contributed by atoms with Gasteiger partial charge in [-0.05, 0) is 19.4 Å². The van der Waals surface area contributed by atoms with Gasteiger partial charge in [-0.25, -0.2) is 13.1 Å². The first kappa shape index (κ1) is 15.5. The molecule has 2 heterocycles. The molecule has 1 atom stereocenters. The van der Waals surface area contributed by atoms with Crippen LogP contribution in [0, 0.1) is 0 Å². The minimum absolute atomic E-state index is 0.284. The Bertz CT molecular complexity index is 526. The van der Waals surface area contributed by atoms with Gasteiger partial charge in [-0.3, -0.25) is 9.58 Å². The fourth-order valence-corrected chi connectivity index (χ4v) is 4.07. The Labute approximate surface area is 121 Å². The number of sulfonamides is 1. The van der Waals surface area contributed by atoms with Crippen LogP contribution in [0.2, 0.25) is 0 Å². The second kappa shape index (κ2) is 6.69. The van der Waals surface area contributed by atoms with E-state index in [0.717, 1.165) is 31.6 Å². The van der Waals surface area contributed by atoms with E-state index in [1.54, 1.807) is 0 Å². The van der Waals surface area contributed by atoms with E-state index < -0.39 is 10.0 Å². The van der Waals surface area contributed by atoms with E-state index in [9.17, 15) is 8.42 Å². The van der Waals surface area contributed by atoms with E-state index in [0.29, 0.717) is 19.5 Å². The molecule has 1 saturated heterocycles. The first-order valence-corrected chi connectivity index (χ1v) is 8.82. The van der Waals surface area contributed by atoms with E-state index in [2.05, 4.69) is 27.8 Å². The summed E-state index contributed by atoms with van der Waals surface area (Å²) in [5.74, 6) is 0. The molecule has 1 aromatic heterocycles. The van der Waals surface area contributed by atoms with Gasteiger partial charge in [-0.2, -0.15) is 5.10 Å². The zero-order valence-corrected chi connectivity index (χ0v) is 13.1. The number of likely N-dealkylation sites (tertiary alicyclic amines) is 1. The van der Waals surface area contributed by atoms with Gasteiger partial charge in [0.2, 0.25) is 10.0 Å². The van der Waals surface area contributed by atoms with Gasteiger partial charge in [0, 0.05) is 37.9 Å². The summed E-state index contributed by atoms with van der Waals surface area (Å²) in [5.41, 5.74) is 1.15. The van der Waals surface area contributed by atoms with Gasteiger partial charge in [0.1, 0.15) is 0 Å². The fourth-order valence-electron chi connectivity index (χ4n) is 2.61. The highest BCUT2D eigenvalue weighted by molar-refractivity contribution is 7.90. The first-order chi connectivity index (χ1) is 9.55. The Morgan fingerprint density at radius 1 is 1.45 bits per heavy atom. The molecule has 1 N–H and O–H groups in total. The van der Waals surface area contributed by atoms with Gasteiger partial charge >= 0.3 is 0 Å². The number of hydrogen-bond acceptors (Lipinski definition) is 4. The SMILES string of the molecule is CCCn1cc(CN2CC[C@H](S(=O)(=O)NCC)C2)cn1. The third-order valence-electron chi connectivity index (χ3n) is 3.56. The lowest BCUT2D eigenvalue weighted by Crippen LogP contribution is -2.36. The van der Waals surface area contributed by atoms with Crippen LogP contribution in [0.25, 0.3) is 0 Å². The van der Waals surface area contributed by atoms with Crippen molar-refractivity contribution < 1.29 is 8.42 Å². The summed E-state index contributed by atoms with van der Waals surface area (Å²) >= 11 is 0. The molecular formula is C13H24N4O2S. The summed E-state index contributed by atoms with van der Waals surface area (Å²) in [6.07, 6.45) is 5.70. The van der Waals surface area contributed by atoms with Crippen LogP contribution in [0.3, 0.4) is 0 Å². The number of aromatic nitrogens is 2. The fraction of sp³-hybridized carbons (Fsp3) is 0.769. The van der Waals surface area contributed by atoms with Crippen LogP contribution in [-0.2, 0) is 23.1 Å². The Morgan fingerprint density at radius 3 is 2.95 bits per heavy atom.